The molecular formula is C16H26ClN. The number of hydrogen-bond donors (Lipinski definition) is 1. The largest absolute Gasteiger partial charge is 0.312 e. The van der Waals surface area contributed by atoms with Crippen LogP contribution in [0.2, 0.25) is 5.02 Å². The van der Waals surface area contributed by atoms with E-state index in [4.69, 9.17) is 11.6 Å². The van der Waals surface area contributed by atoms with Gasteiger partial charge in [-0.2, -0.15) is 0 Å². The van der Waals surface area contributed by atoms with Gasteiger partial charge in [0.1, 0.15) is 0 Å². The van der Waals surface area contributed by atoms with Crippen molar-refractivity contribution in [1.29, 1.82) is 0 Å². The topological polar surface area (TPSA) is 12.0 Å². The molecule has 0 radical (unpaired) electrons. The van der Waals surface area contributed by atoms with Gasteiger partial charge in [-0.3, -0.25) is 0 Å². The Bertz CT molecular complexity index is 348. The molecule has 0 amide bonds. The van der Waals surface area contributed by atoms with Gasteiger partial charge in [0.25, 0.3) is 0 Å². The fourth-order valence-corrected chi connectivity index (χ4v) is 2.03. The summed E-state index contributed by atoms with van der Waals surface area (Å²) in [6.45, 7) is 12.3. The van der Waals surface area contributed by atoms with E-state index in [-0.39, 0.29) is 5.54 Å². The minimum atomic E-state index is 0.188. The van der Waals surface area contributed by atoms with Gasteiger partial charge in [0.15, 0.2) is 0 Å². The van der Waals surface area contributed by atoms with Crippen LogP contribution in [-0.4, -0.2) is 12.1 Å². The van der Waals surface area contributed by atoms with E-state index >= 15 is 0 Å². The molecule has 0 aromatic heterocycles. The summed E-state index contributed by atoms with van der Waals surface area (Å²) >= 11 is 5.92. The predicted octanol–water partition coefficient (Wildman–Crippen LogP) is 4.54. The van der Waals surface area contributed by atoms with Crippen LogP contribution in [0, 0.1) is 11.8 Å². The van der Waals surface area contributed by atoms with Crippen LogP contribution in [0.25, 0.3) is 0 Å². The summed E-state index contributed by atoms with van der Waals surface area (Å²) in [7, 11) is 0. The number of halogens is 1. The molecule has 0 fully saturated rings. The van der Waals surface area contributed by atoms with Crippen molar-refractivity contribution < 1.29 is 0 Å². The maximum absolute atomic E-state index is 5.92. The smallest absolute Gasteiger partial charge is 0.0406 e. The Morgan fingerprint density at radius 1 is 1.11 bits per heavy atom. The Morgan fingerprint density at radius 2 is 1.67 bits per heavy atom. The molecule has 1 unspecified atom stereocenters. The van der Waals surface area contributed by atoms with Crippen molar-refractivity contribution in [1.82, 2.24) is 5.32 Å². The molecule has 0 saturated carbocycles. The molecule has 0 aliphatic heterocycles. The first kappa shape index (κ1) is 15.5. The third-order valence-electron chi connectivity index (χ3n) is 3.25. The summed E-state index contributed by atoms with van der Waals surface area (Å²) in [4.78, 5) is 0. The van der Waals surface area contributed by atoms with E-state index in [0.29, 0.717) is 11.8 Å². The molecule has 1 atom stereocenters. The second kappa shape index (κ2) is 6.58. The standard InChI is InChI=1S/C16H26ClN/c1-12(2)14(11-18-16(3,4)5)10-13-6-8-15(17)9-7-13/h6-9,12,14,18H,10-11H2,1-5H3. The van der Waals surface area contributed by atoms with Crippen LogP contribution in [0.4, 0.5) is 0 Å². The van der Waals surface area contributed by atoms with E-state index in [1.807, 2.05) is 12.1 Å². The molecule has 1 N–H and O–H groups in total. The Morgan fingerprint density at radius 3 is 2.11 bits per heavy atom. The van der Waals surface area contributed by atoms with Crippen LogP contribution in [0.3, 0.4) is 0 Å². The second-order valence-electron chi connectivity index (χ2n) is 6.47. The van der Waals surface area contributed by atoms with Gasteiger partial charge >= 0.3 is 0 Å². The molecule has 0 heterocycles. The monoisotopic (exact) mass is 267 g/mol. The molecule has 0 bridgehead atoms. The van der Waals surface area contributed by atoms with Gasteiger partial charge in [-0.1, -0.05) is 37.6 Å². The lowest BCUT2D eigenvalue weighted by Crippen LogP contribution is -2.40. The summed E-state index contributed by atoms with van der Waals surface area (Å²) in [6, 6.07) is 8.22. The highest BCUT2D eigenvalue weighted by atomic mass is 35.5. The summed E-state index contributed by atoms with van der Waals surface area (Å²) in [5.74, 6) is 1.33. The summed E-state index contributed by atoms with van der Waals surface area (Å²) < 4.78 is 0. The van der Waals surface area contributed by atoms with Crippen LogP contribution < -0.4 is 5.32 Å². The van der Waals surface area contributed by atoms with Gasteiger partial charge in [-0.05, 0) is 63.3 Å². The first-order valence-electron chi connectivity index (χ1n) is 6.77. The maximum atomic E-state index is 5.92. The van der Waals surface area contributed by atoms with E-state index in [9.17, 15) is 0 Å². The first-order valence-corrected chi connectivity index (χ1v) is 7.15. The first-order chi connectivity index (χ1) is 8.28. The maximum Gasteiger partial charge on any atom is 0.0406 e. The molecule has 18 heavy (non-hydrogen) atoms. The Labute approximate surface area is 117 Å². The third-order valence-corrected chi connectivity index (χ3v) is 3.50. The van der Waals surface area contributed by atoms with Crippen molar-refractivity contribution in [3.63, 3.8) is 0 Å². The van der Waals surface area contributed by atoms with Crippen LogP contribution in [0.5, 0.6) is 0 Å². The van der Waals surface area contributed by atoms with E-state index in [1.165, 1.54) is 5.56 Å². The van der Waals surface area contributed by atoms with Crippen molar-refractivity contribution in [2.75, 3.05) is 6.54 Å². The van der Waals surface area contributed by atoms with Gasteiger partial charge in [-0.25, -0.2) is 0 Å². The van der Waals surface area contributed by atoms with Gasteiger partial charge in [-0.15, -0.1) is 0 Å². The summed E-state index contributed by atoms with van der Waals surface area (Å²) in [6.07, 6.45) is 1.11. The van der Waals surface area contributed by atoms with Gasteiger partial charge in [0.05, 0.1) is 0 Å². The number of nitrogens with one attached hydrogen (secondary N) is 1. The summed E-state index contributed by atoms with van der Waals surface area (Å²) in [5.41, 5.74) is 1.56. The van der Waals surface area contributed by atoms with Crippen molar-refractivity contribution in [2.45, 2.75) is 46.6 Å². The molecule has 0 saturated heterocycles. The molecule has 1 rings (SSSR count). The summed E-state index contributed by atoms with van der Waals surface area (Å²) in [5, 5.41) is 4.42. The minimum Gasteiger partial charge on any atom is -0.312 e. The Balaban J connectivity index is 2.60. The molecule has 1 aromatic carbocycles. The zero-order valence-corrected chi connectivity index (χ0v) is 13.0. The predicted molar refractivity (Wildman–Crippen MR) is 81.2 cm³/mol. The molecule has 2 heteroatoms. The quantitative estimate of drug-likeness (QED) is 0.826. The zero-order valence-electron chi connectivity index (χ0n) is 12.3. The van der Waals surface area contributed by atoms with Crippen molar-refractivity contribution >= 4 is 11.6 Å². The van der Waals surface area contributed by atoms with Crippen molar-refractivity contribution in [3.05, 3.63) is 34.9 Å². The SMILES string of the molecule is CC(C)C(CNC(C)(C)C)Cc1ccc(Cl)cc1. The van der Waals surface area contributed by atoms with Gasteiger partial charge in [0, 0.05) is 10.6 Å². The van der Waals surface area contributed by atoms with E-state index in [0.717, 1.165) is 18.0 Å². The second-order valence-corrected chi connectivity index (χ2v) is 6.90. The zero-order chi connectivity index (χ0) is 13.8. The molecule has 102 valence electrons. The van der Waals surface area contributed by atoms with Crippen LogP contribution in [0.1, 0.15) is 40.2 Å². The number of hydrogen-bond acceptors (Lipinski definition) is 1. The van der Waals surface area contributed by atoms with E-state index in [1.54, 1.807) is 0 Å². The fourth-order valence-electron chi connectivity index (χ4n) is 1.90. The Kier molecular flexibility index (Phi) is 5.68. The fraction of sp³-hybridized carbons (Fsp3) is 0.625. The number of rotatable bonds is 5. The van der Waals surface area contributed by atoms with E-state index < -0.39 is 0 Å². The van der Waals surface area contributed by atoms with Crippen LogP contribution in [0.15, 0.2) is 24.3 Å². The van der Waals surface area contributed by atoms with Crippen molar-refractivity contribution in [2.24, 2.45) is 11.8 Å². The number of benzene rings is 1. The lowest BCUT2D eigenvalue weighted by Gasteiger charge is -2.27. The third kappa shape index (κ3) is 5.88. The average Bonchev–Trinajstić information content (AvgIpc) is 2.25. The van der Waals surface area contributed by atoms with Crippen LogP contribution in [-0.2, 0) is 6.42 Å². The molecule has 0 aliphatic carbocycles. The molecule has 0 spiro atoms. The van der Waals surface area contributed by atoms with Gasteiger partial charge < -0.3 is 5.32 Å². The normalized spacial score (nSPS) is 13.9. The average molecular weight is 268 g/mol. The highest BCUT2D eigenvalue weighted by Crippen LogP contribution is 2.19. The van der Waals surface area contributed by atoms with Gasteiger partial charge in [0.2, 0.25) is 0 Å². The minimum absolute atomic E-state index is 0.188. The van der Waals surface area contributed by atoms with Crippen LogP contribution >= 0.6 is 11.6 Å². The lowest BCUT2D eigenvalue weighted by atomic mass is 9.88. The highest BCUT2D eigenvalue weighted by molar-refractivity contribution is 6.30. The van der Waals surface area contributed by atoms with Crippen molar-refractivity contribution in [3.8, 4) is 0 Å². The highest BCUT2D eigenvalue weighted by Gasteiger charge is 2.17. The molecule has 0 aliphatic rings. The Hall–Kier alpha value is -0.530. The van der Waals surface area contributed by atoms with E-state index in [2.05, 4.69) is 52.1 Å². The molecule has 1 nitrogen and oxygen atoms in total. The molecular weight excluding hydrogens is 242 g/mol. The molecule has 1 aromatic rings. The lowest BCUT2D eigenvalue weighted by molar-refractivity contribution is 0.312.